The van der Waals surface area contributed by atoms with E-state index in [9.17, 15) is 9.59 Å². The average molecular weight is 463 g/mol. The predicted molar refractivity (Wildman–Crippen MR) is 128 cm³/mol. The minimum absolute atomic E-state index is 0.0238. The third-order valence-electron chi connectivity index (χ3n) is 6.69. The molecule has 0 bridgehead atoms. The van der Waals surface area contributed by atoms with Crippen LogP contribution in [0.4, 0.5) is 10.5 Å². The van der Waals surface area contributed by atoms with Crippen LogP contribution >= 0.6 is 0 Å². The van der Waals surface area contributed by atoms with Crippen molar-refractivity contribution in [1.29, 1.82) is 0 Å². The van der Waals surface area contributed by atoms with Crippen LogP contribution < -0.4 is 20.9 Å². The Morgan fingerprint density at radius 3 is 2.47 bits per heavy atom. The first kappa shape index (κ1) is 22.2. The van der Waals surface area contributed by atoms with Crippen LogP contribution in [0.3, 0.4) is 0 Å². The van der Waals surface area contributed by atoms with E-state index in [2.05, 4.69) is 28.3 Å². The highest BCUT2D eigenvalue weighted by molar-refractivity contribution is 5.96. The number of hydrogen-bond acceptors (Lipinski definition) is 6. The maximum absolute atomic E-state index is 13.0. The Kier molecular flexibility index (Phi) is 5.66. The second-order valence-corrected chi connectivity index (χ2v) is 9.14. The van der Waals surface area contributed by atoms with Crippen molar-refractivity contribution in [2.24, 2.45) is 0 Å². The summed E-state index contributed by atoms with van der Waals surface area (Å²) in [5.74, 6) is 0.579. The molecular formula is C25H30N6O3. The number of anilines is 1. The number of rotatable bonds is 5. The zero-order chi connectivity index (χ0) is 24.0. The highest BCUT2D eigenvalue weighted by Gasteiger charge is 2.48. The molecule has 3 heterocycles. The highest BCUT2D eigenvalue weighted by atomic mass is 16.5. The molecular weight excluding hydrogens is 432 g/mol. The van der Waals surface area contributed by atoms with Crippen molar-refractivity contribution in [3.63, 3.8) is 0 Å². The number of urea groups is 1. The number of amides is 3. The largest absolute Gasteiger partial charge is 0.497 e. The van der Waals surface area contributed by atoms with Crippen LogP contribution in [0.2, 0.25) is 0 Å². The van der Waals surface area contributed by atoms with Gasteiger partial charge in [0, 0.05) is 18.1 Å². The molecule has 0 aliphatic carbocycles. The summed E-state index contributed by atoms with van der Waals surface area (Å²) in [5.41, 5.74) is 11.9. The Morgan fingerprint density at radius 1 is 1.09 bits per heavy atom. The van der Waals surface area contributed by atoms with Crippen LogP contribution in [0.5, 0.6) is 5.75 Å². The van der Waals surface area contributed by atoms with Crippen LogP contribution in [0.1, 0.15) is 34.7 Å². The van der Waals surface area contributed by atoms with Gasteiger partial charge in [0.2, 0.25) is 5.91 Å². The third-order valence-corrected chi connectivity index (χ3v) is 6.69. The molecule has 3 atom stereocenters. The summed E-state index contributed by atoms with van der Waals surface area (Å²) in [6, 6.07) is 12.0. The lowest BCUT2D eigenvalue weighted by Crippen LogP contribution is -2.54. The van der Waals surface area contributed by atoms with Gasteiger partial charge in [0.1, 0.15) is 18.5 Å². The van der Waals surface area contributed by atoms with Crippen molar-refractivity contribution in [3.05, 3.63) is 71.1 Å². The van der Waals surface area contributed by atoms with E-state index in [1.54, 1.807) is 18.2 Å². The molecule has 34 heavy (non-hydrogen) atoms. The van der Waals surface area contributed by atoms with Crippen molar-refractivity contribution in [3.8, 4) is 5.75 Å². The Labute approximate surface area is 199 Å². The summed E-state index contributed by atoms with van der Waals surface area (Å²) in [7, 11) is 1.65. The van der Waals surface area contributed by atoms with Crippen LogP contribution in [0, 0.1) is 20.8 Å². The molecule has 2 aromatic carbocycles. The van der Waals surface area contributed by atoms with Gasteiger partial charge in [-0.15, -0.1) is 0 Å². The summed E-state index contributed by atoms with van der Waals surface area (Å²) in [6.45, 7) is 5.90. The maximum Gasteiger partial charge on any atom is 0.340 e. The van der Waals surface area contributed by atoms with Crippen LogP contribution in [-0.4, -0.2) is 52.7 Å². The number of hydrazine groups is 2. The minimum Gasteiger partial charge on any atom is -0.497 e. The summed E-state index contributed by atoms with van der Waals surface area (Å²) >= 11 is 0. The van der Waals surface area contributed by atoms with Crippen molar-refractivity contribution in [1.82, 2.24) is 25.8 Å². The second-order valence-electron chi connectivity index (χ2n) is 9.14. The molecule has 0 aromatic heterocycles. The fourth-order valence-corrected chi connectivity index (χ4v) is 5.08. The molecule has 3 N–H and O–H groups in total. The number of nitrogens with zero attached hydrogens (tertiary/aromatic N) is 3. The molecule has 2 aromatic rings. The van der Waals surface area contributed by atoms with E-state index in [0.717, 1.165) is 40.1 Å². The average Bonchev–Trinajstić information content (AvgIpc) is 3.38. The second kappa shape index (κ2) is 8.66. The van der Waals surface area contributed by atoms with E-state index in [0.29, 0.717) is 0 Å². The van der Waals surface area contributed by atoms with E-state index >= 15 is 0 Å². The number of nitrogens with one attached hydrogen (secondary N) is 3. The smallest absolute Gasteiger partial charge is 0.340 e. The van der Waals surface area contributed by atoms with Gasteiger partial charge in [-0.25, -0.2) is 20.7 Å². The normalized spacial score (nSPS) is 23.2. The monoisotopic (exact) mass is 462 g/mol. The van der Waals surface area contributed by atoms with Gasteiger partial charge in [-0.2, -0.15) is 0 Å². The Balaban J connectivity index is 1.25. The Bertz CT molecular complexity index is 1120. The molecule has 3 unspecified atom stereocenters. The van der Waals surface area contributed by atoms with E-state index < -0.39 is 0 Å². The molecule has 2 saturated heterocycles. The van der Waals surface area contributed by atoms with Gasteiger partial charge in [-0.1, -0.05) is 29.8 Å². The number of ether oxygens (including phenoxy) is 1. The first-order chi connectivity index (χ1) is 16.3. The van der Waals surface area contributed by atoms with Crippen molar-refractivity contribution >= 4 is 17.6 Å². The lowest BCUT2D eigenvalue weighted by atomic mass is 10.00. The van der Waals surface area contributed by atoms with Crippen molar-refractivity contribution < 1.29 is 14.3 Å². The number of hydrogen-bond donors (Lipinski definition) is 3. The summed E-state index contributed by atoms with van der Waals surface area (Å²) in [4.78, 5) is 27.5. The number of methoxy groups -OCH3 is 1. The van der Waals surface area contributed by atoms with E-state index in [4.69, 9.17) is 4.74 Å². The van der Waals surface area contributed by atoms with Gasteiger partial charge in [-0.3, -0.25) is 9.69 Å². The minimum atomic E-state index is -0.260. The van der Waals surface area contributed by atoms with Crippen LogP contribution in [-0.2, 0) is 4.79 Å². The number of aryl methyl sites for hydroxylation is 3. The summed E-state index contributed by atoms with van der Waals surface area (Å²) < 4.78 is 5.26. The number of carbonyl (C=O) groups excluding carboxylic acids is 2. The van der Waals surface area contributed by atoms with Gasteiger partial charge >= 0.3 is 6.03 Å². The third kappa shape index (κ3) is 3.97. The van der Waals surface area contributed by atoms with E-state index in [1.807, 2.05) is 56.2 Å². The summed E-state index contributed by atoms with van der Waals surface area (Å²) in [6.07, 6.45) is 4.18. The fourth-order valence-electron chi connectivity index (χ4n) is 5.08. The molecule has 0 radical (unpaired) electrons. The lowest BCUT2D eigenvalue weighted by molar-refractivity contribution is -0.117. The fraction of sp³-hybridized carbons (Fsp3) is 0.360. The number of fused-ring (bicyclic) bond motifs is 3. The molecule has 0 saturated carbocycles. The number of benzene rings is 2. The standard InChI is InChI=1S/C25H30N6O3/c1-15-11-16(2)23(17(3)12-15)26-22(32)14-31-25(33)29-9-10-30-21(24(29)28-31)13-20(27-30)18-5-7-19(34-4)8-6-18/h5-12,20-21,24,27-28H,13-14H2,1-4H3,(H,26,32). The zero-order valence-electron chi connectivity index (χ0n) is 19.8. The number of carbonyl (C=O) groups is 2. The van der Waals surface area contributed by atoms with Gasteiger partial charge in [0.15, 0.2) is 0 Å². The quantitative estimate of drug-likeness (QED) is 0.633. The van der Waals surface area contributed by atoms with E-state index in [1.165, 1.54) is 5.01 Å². The predicted octanol–water partition coefficient (Wildman–Crippen LogP) is 2.93. The molecule has 3 amide bonds. The van der Waals surface area contributed by atoms with Crippen LogP contribution in [0.25, 0.3) is 0 Å². The highest BCUT2D eigenvalue weighted by Crippen LogP contribution is 2.35. The molecule has 9 heteroatoms. The molecule has 3 aliphatic heterocycles. The lowest BCUT2D eigenvalue weighted by Gasteiger charge is -2.34. The molecule has 3 aliphatic rings. The topological polar surface area (TPSA) is 89.2 Å². The first-order valence-electron chi connectivity index (χ1n) is 11.4. The first-order valence-corrected chi connectivity index (χ1v) is 11.4. The van der Waals surface area contributed by atoms with Gasteiger partial charge in [0.25, 0.3) is 0 Å². The van der Waals surface area contributed by atoms with Gasteiger partial charge < -0.3 is 15.1 Å². The van der Waals surface area contributed by atoms with Gasteiger partial charge in [-0.05, 0) is 56.0 Å². The SMILES string of the molecule is COc1ccc(C2CC3C4NN(CC(=O)Nc5c(C)cc(C)cc5C)C(=O)N4C=CN3N2)cc1. The molecule has 2 fully saturated rings. The molecule has 5 rings (SSSR count). The zero-order valence-corrected chi connectivity index (χ0v) is 19.8. The molecule has 0 spiro atoms. The van der Waals surface area contributed by atoms with Crippen molar-refractivity contribution in [2.45, 2.75) is 45.4 Å². The Hall–Kier alpha value is -3.56. The summed E-state index contributed by atoms with van der Waals surface area (Å²) in [5, 5.41) is 6.41. The molecule has 178 valence electrons. The van der Waals surface area contributed by atoms with Crippen LogP contribution in [0.15, 0.2) is 48.8 Å². The molecule has 9 nitrogen and oxygen atoms in total. The maximum atomic E-state index is 13.0. The van der Waals surface area contributed by atoms with Gasteiger partial charge in [0.05, 0.1) is 19.2 Å². The van der Waals surface area contributed by atoms with Crippen molar-refractivity contribution in [2.75, 3.05) is 19.0 Å². The van der Waals surface area contributed by atoms with E-state index in [-0.39, 0.29) is 36.7 Å². The Morgan fingerprint density at radius 2 is 1.79 bits per heavy atom.